The van der Waals surface area contributed by atoms with Crippen LogP contribution in [0.3, 0.4) is 0 Å². The molecule has 3 aromatic rings. The molecule has 0 radical (unpaired) electrons. The van der Waals surface area contributed by atoms with Gasteiger partial charge >= 0.3 is 0 Å². The molecule has 0 aliphatic rings. The summed E-state index contributed by atoms with van der Waals surface area (Å²) < 4.78 is 15.4. The van der Waals surface area contributed by atoms with E-state index in [-0.39, 0.29) is 12.3 Å². The van der Waals surface area contributed by atoms with Gasteiger partial charge in [0.15, 0.2) is 18.1 Å². The number of amides is 1. The average Bonchev–Trinajstić information content (AvgIpc) is 3.25. The number of carbonyl (C=O) groups is 1. The Morgan fingerprint density at radius 1 is 1.26 bits per heavy atom. The van der Waals surface area contributed by atoms with Gasteiger partial charge in [0, 0.05) is 11.8 Å². The van der Waals surface area contributed by atoms with Gasteiger partial charge in [-0.2, -0.15) is 5.26 Å². The number of benzene rings is 1. The number of nitrogens with one attached hydrogen (secondary N) is 1. The molecule has 1 amide bonds. The standard InChI is InChI=1S/C16H11N3O4/c17-7-9-21-12-5-3-11(4-6-12)18-16(20)13-10-15(23-19-13)14-2-1-8-22-14/h1-6,8,10H,9H2,(H,18,20). The molecule has 0 saturated heterocycles. The van der Waals surface area contributed by atoms with Crippen LogP contribution in [0, 0.1) is 11.3 Å². The molecule has 0 aliphatic heterocycles. The highest BCUT2D eigenvalue weighted by molar-refractivity contribution is 6.03. The highest BCUT2D eigenvalue weighted by Crippen LogP contribution is 2.21. The molecule has 114 valence electrons. The Hall–Kier alpha value is -3.53. The largest absolute Gasteiger partial charge is 0.479 e. The van der Waals surface area contributed by atoms with Crippen LogP contribution in [-0.4, -0.2) is 17.7 Å². The molecule has 0 fully saturated rings. The lowest BCUT2D eigenvalue weighted by Crippen LogP contribution is -2.12. The van der Waals surface area contributed by atoms with Crippen molar-refractivity contribution in [1.29, 1.82) is 5.26 Å². The highest BCUT2D eigenvalue weighted by atomic mass is 16.5. The average molecular weight is 309 g/mol. The molecule has 1 N–H and O–H groups in total. The van der Waals surface area contributed by atoms with Crippen molar-refractivity contribution in [2.45, 2.75) is 0 Å². The Morgan fingerprint density at radius 2 is 2.09 bits per heavy atom. The Balaban J connectivity index is 1.66. The van der Waals surface area contributed by atoms with Crippen LogP contribution in [0.2, 0.25) is 0 Å². The number of nitriles is 1. The van der Waals surface area contributed by atoms with E-state index < -0.39 is 5.91 Å². The Labute approximate surface area is 131 Å². The third-order valence-corrected chi connectivity index (χ3v) is 2.92. The molecule has 3 rings (SSSR count). The predicted octanol–water partition coefficient (Wildman–Crippen LogP) is 3.09. The fourth-order valence-electron chi connectivity index (χ4n) is 1.86. The molecule has 0 spiro atoms. The molecule has 23 heavy (non-hydrogen) atoms. The van der Waals surface area contributed by atoms with Crippen LogP contribution in [0.4, 0.5) is 5.69 Å². The molecule has 2 heterocycles. The van der Waals surface area contributed by atoms with E-state index in [4.69, 9.17) is 18.9 Å². The molecule has 0 unspecified atom stereocenters. The molecule has 0 aliphatic carbocycles. The number of rotatable bonds is 5. The lowest BCUT2D eigenvalue weighted by Gasteiger charge is -2.04. The van der Waals surface area contributed by atoms with E-state index in [1.807, 2.05) is 6.07 Å². The van der Waals surface area contributed by atoms with Crippen molar-refractivity contribution < 1.29 is 18.5 Å². The fourth-order valence-corrected chi connectivity index (χ4v) is 1.86. The van der Waals surface area contributed by atoms with Crippen molar-refractivity contribution in [3.8, 4) is 23.3 Å². The number of nitrogens with zero attached hydrogens (tertiary/aromatic N) is 2. The second kappa shape index (κ2) is 6.49. The number of aromatic nitrogens is 1. The van der Waals surface area contributed by atoms with Crippen LogP contribution in [-0.2, 0) is 0 Å². The van der Waals surface area contributed by atoms with Crippen molar-refractivity contribution in [2.24, 2.45) is 0 Å². The van der Waals surface area contributed by atoms with Gasteiger partial charge < -0.3 is 19.0 Å². The SMILES string of the molecule is N#CCOc1ccc(NC(=O)c2cc(-c3ccco3)on2)cc1. The predicted molar refractivity (Wildman–Crippen MR) is 79.7 cm³/mol. The van der Waals surface area contributed by atoms with Crippen LogP contribution in [0.5, 0.6) is 5.75 Å². The van der Waals surface area contributed by atoms with Crippen LogP contribution in [0.25, 0.3) is 11.5 Å². The van der Waals surface area contributed by atoms with E-state index in [9.17, 15) is 4.79 Å². The molecule has 7 heteroatoms. The summed E-state index contributed by atoms with van der Waals surface area (Å²) in [5.41, 5.74) is 0.711. The zero-order valence-electron chi connectivity index (χ0n) is 11.9. The van der Waals surface area contributed by atoms with Gasteiger partial charge in [-0.05, 0) is 36.4 Å². The smallest absolute Gasteiger partial charge is 0.277 e. The van der Waals surface area contributed by atoms with Crippen molar-refractivity contribution >= 4 is 11.6 Å². The lowest BCUT2D eigenvalue weighted by molar-refractivity contribution is 0.101. The number of carbonyl (C=O) groups excluding carboxylic acids is 1. The third-order valence-electron chi connectivity index (χ3n) is 2.92. The summed E-state index contributed by atoms with van der Waals surface area (Å²) in [6.45, 7) is -0.0276. The van der Waals surface area contributed by atoms with E-state index in [1.54, 1.807) is 36.4 Å². The minimum atomic E-state index is -0.405. The summed E-state index contributed by atoms with van der Waals surface area (Å²) in [7, 11) is 0. The summed E-state index contributed by atoms with van der Waals surface area (Å²) >= 11 is 0. The number of ether oxygens (including phenoxy) is 1. The van der Waals surface area contributed by atoms with Crippen LogP contribution < -0.4 is 10.1 Å². The summed E-state index contributed by atoms with van der Waals surface area (Å²) in [4.78, 5) is 12.1. The first-order chi connectivity index (χ1) is 11.3. The van der Waals surface area contributed by atoms with Gasteiger partial charge in [0.2, 0.25) is 5.76 Å². The van der Waals surface area contributed by atoms with E-state index >= 15 is 0 Å². The number of hydrogen-bond donors (Lipinski definition) is 1. The highest BCUT2D eigenvalue weighted by Gasteiger charge is 2.15. The summed E-state index contributed by atoms with van der Waals surface area (Å²) in [5.74, 6) is 1.01. The zero-order chi connectivity index (χ0) is 16.1. The summed E-state index contributed by atoms with van der Waals surface area (Å²) in [6, 6.07) is 13.4. The monoisotopic (exact) mass is 309 g/mol. The van der Waals surface area contributed by atoms with Crippen molar-refractivity contribution in [2.75, 3.05) is 11.9 Å². The number of hydrogen-bond acceptors (Lipinski definition) is 6. The molecule has 0 atom stereocenters. The molecular weight excluding hydrogens is 298 g/mol. The summed E-state index contributed by atoms with van der Waals surface area (Å²) in [5, 5.41) is 14.8. The van der Waals surface area contributed by atoms with Gasteiger partial charge in [-0.1, -0.05) is 5.16 Å². The zero-order valence-corrected chi connectivity index (χ0v) is 11.9. The molecular formula is C16H11N3O4. The first-order valence-corrected chi connectivity index (χ1v) is 6.68. The molecule has 1 aromatic carbocycles. The third kappa shape index (κ3) is 3.39. The maximum Gasteiger partial charge on any atom is 0.277 e. The second-order valence-corrected chi connectivity index (χ2v) is 4.48. The van der Waals surface area contributed by atoms with Crippen molar-refractivity contribution in [1.82, 2.24) is 5.16 Å². The van der Waals surface area contributed by atoms with Crippen LogP contribution in [0.15, 0.2) is 57.7 Å². The topological polar surface area (TPSA) is 101 Å². The van der Waals surface area contributed by atoms with Gasteiger partial charge in [-0.15, -0.1) is 0 Å². The first kappa shape index (κ1) is 14.4. The van der Waals surface area contributed by atoms with Crippen molar-refractivity contribution in [3.05, 3.63) is 54.4 Å². The van der Waals surface area contributed by atoms with Crippen LogP contribution in [0.1, 0.15) is 10.5 Å². The van der Waals surface area contributed by atoms with Gasteiger partial charge in [-0.25, -0.2) is 0 Å². The first-order valence-electron chi connectivity index (χ1n) is 6.68. The molecule has 0 saturated carbocycles. The molecule has 2 aromatic heterocycles. The maximum absolute atomic E-state index is 12.1. The van der Waals surface area contributed by atoms with E-state index in [0.29, 0.717) is 23.0 Å². The number of anilines is 1. The normalized spacial score (nSPS) is 10.0. The van der Waals surface area contributed by atoms with Gasteiger partial charge in [0.1, 0.15) is 11.8 Å². The maximum atomic E-state index is 12.1. The van der Waals surface area contributed by atoms with Gasteiger partial charge in [0.25, 0.3) is 5.91 Å². The quantitative estimate of drug-likeness (QED) is 0.777. The van der Waals surface area contributed by atoms with E-state index in [0.717, 1.165) is 0 Å². The van der Waals surface area contributed by atoms with Gasteiger partial charge in [0.05, 0.1) is 6.26 Å². The minimum absolute atomic E-state index is 0.0276. The second-order valence-electron chi connectivity index (χ2n) is 4.48. The summed E-state index contributed by atoms with van der Waals surface area (Å²) in [6.07, 6.45) is 1.51. The molecule has 0 bridgehead atoms. The van der Waals surface area contributed by atoms with Gasteiger partial charge in [-0.3, -0.25) is 4.79 Å². The van der Waals surface area contributed by atoms with E-state index in [2.05, 4.69) is 10.5 Å². The Bertz CT molecular complexity index is 829. The van der Waals surface area contributed by atoms with Crippen molar-refractivity contribution in [3.63, 3.8) is 0 Å². The van der Waals surface area contributed by atoms with Crippen LogP contribution >= 0.6 is 0 Å². The number of furan rings is 1. The minimum Gasteiger partial charge on any atom is -0.479 e. The molecule has 7 nitrogen and oxygen atoms in total. The van der Waals surface area contributed by atoms with E-state index in [1.165, 1.54) is 12.3 Å². The Morgan fingerprint density at radius 3 is 2.78 bits per heavy atom. The lowest BCUT2D eigenvalue weighted by atomic mass is 10.2. The Kier molecular flexibility index (Phi) is 4.07. The fraction of sp³-hybridized carbons (Fsp3) is 0.0625.